The Bertz CT molecular complexity index is 652. The predicted octanol–water partition coefficient (Wildman–Crippen LogP) is 3.46. The highest BCUT2D eigenvalue weighted by molar-refractivity contribution is 5.94. The number of hydrogen-bond donors (Lipinski definition) is 1. The van der Waals surface area contributed by atoms with Crippen LogP contribution in [0.15, 0.2) is 54.8 Å². The van der Waals surface area contributed by atoms with Crippen LogP contribution in [-0.4, -0.2) is 17.6 Å². The van der Waals surface area contributed by atoms with Crippen LogP contribution in [0.1, 0.15) is 16.8 Å². The maximum absolute atomic E-state index is 12.0. The number of carbonyl (C=O) groups is 1. The molecule has 19 heavy (non-hydrogen) atoms. The lowest BCUT2D eigenvalue weighted by Crippen LogP contribution is -2.13. The van der Waals surface area contributed by atoms with E-state index in [0.717, 1.165) is 17.3 Å². The number of hydrogen-bond acceptors (Lipinski definition) is 2. The highest BCUT2D eigenvalue weighted by Gasteiger charge is 2.12. The standard InChI is InChI=1S/C16H15NO2/c18-16(19-11-12-4-2-1-3-5-12)14-6-7-15-13(10-14)8-9-17-15/h1-4,6-10,12,17H,5,11H2. The van der Waals surface area contributed by atoms with E-state index < -0.39 is 0 Å². The molecular weight excluding hydrogens is 238 g/mol. The second kappa shape index (κ2) is 5.14. The van der Waals surface area contributed by atoms with Gasteiger partial charge in [0, 0.05) is 23.0 Å². The molecule has 1 aliphatic carbocycles. The number of rotatable bonds is 3. The van der Waals surface area contributed by atoms with Crippen LogP contribution in [0.4, 0.5) is 0 Å². The molecule has 2 aromatic rings. The number of benzene rings is 1. The third-order valence-corrected chi connectivity index (χ3v) is 3.29. The number of esters is 1. The lowest BCUT2D eigenvalue weighted by molar-refractivity contribution is 0.0465. The summed E-state index contributed by atoms with van der Waals surface area (Å²) in [5, 5.41) is 1.02. The SMILES string of the molecule is O=C(OCC1C=CC=CC1)c1ccc2[nH]ccc2c1. The van der Waals surface area contributed by atoms with Crippen LogP contribution in [-0.2, 0) is 4.74 Å². The van der Waals surface area contributed by atoms with Gasteiger partial charge in [-0.05, 0) is 30.7 Å². The number of aromatic nitrogens is 1. The molecule has 3 nitrogen and oxygen atoms in total. The second-order valence-corrected chi connectivity index (χ2v) is 4.69. The zero-order valence-electron chi connectivity index (χ0n) is 10.5. The monoisotopic (exact) mass is 253 g/mol. The maximum Gasteiger partial charge on any atom is 0.338 e. The van der Waals surface area contributed by atoms with E-state index in [-0.39, 0.29) is 5.97 Å². The van der Waals surface area contributed by atoms with Gasteiger partial charge in [-0.1, -0.05) is 24.3 Å². The number of ether oxygens (including phenoxy) is 1. The Kier molecular flexibility index (Phi) is 3.19. The first kappa shape index (κ1) is 11.8. The van der Waals surface area contributed by atoms with E-state index in [1.807, 2.05) is 36.5 Å². The third-order valence-electron chi connectivity index (χ3n) is 3.29. The fourth-order valence-electron chi connectivity index (χ4n) is 2.20. The van der Waals surface area contributed by atoms with Crippen LogP contribution in [0.3, 0.4) is 0 Å². The van der Waals surface area contributed by atoms with E-state index >= 15 is 0 Å². The van der Waals surface area contributed by atoms with Gasteiger partial charge < -0.3 is 9.72 Å². The van der Waals surface area contributed by atoms with Crippen molar-refractivity contribution in [1.29, 1.82) is 0 Å². The Morgan fingerprint density at radius 2 is 2.26 bits per heavy atom. The van der Waals surface area contributed by atoms with Crippen LogP contribution in [0, 0.1) is 5.92 Å². The molecule has 0 fully saturated rings. The van der Waals surface area contributed by atoms with E-state index in [1.165, 1.54) is 0 Å². The van der Waals surface area contributed by atoms with Gasteiger partial charge in [-0.2, -0.15) is 0 Å². The molecule has 3 heteroatoms. The molecule has 3 rings (SSSR count). The van der Waals surface area contributed by atoms with Crippen LogP contribution in [0.2, 0.25) is 0 Å². The summed E-state index contributed by atoms with van der Waals surface area (Å²) in [5.74, 6) is 0.0380. The Balaban J connectivity index is 1.66. The van der Waals surface area contributed by atoms with Crippen molar-refractivity contribution in [2.24, 2.45) is 5.92 Å². The Morgan fingerprint density at radius 1 is 1.32 bits per heavy atom. The van der Waals surface area contributed by atoms with Crippen molar-refractivity contribution in [3.05, 3.63) is 60.3 Å². The van der Waals surface area contributed by atoms with Crippen LogP contribution >= 0.6 is 0 Å². The predicted molar refractivity (Wildman–Crippen MR) is 75.0 cm³/mol. The van der Waals surface area contributed by atoms with E-state index in [1.54, 1.807) is 6.07 Å². The first-order valence-corrected chi connectivity index (χ1v) is 6.40. The van der Waals surface area contributed by atoms with Crippen molar-refractivity contribution in [1.82, 2.24) is 4.98 Å². The van der Waals surface area contributed by atoms with Gasteiger partial charge in [0.15, 0.2) is 0 Å². The van der Waals surface area contributed by atoms with Crippen molar-refractivity contribution in [3.8, 4) is 0 Å². The molecule has 0 aliphatic heterocycles. The Hall–Kier alpha value is -2.29. The van der Waals surface area contributed by atoms with Gasteiger partial charge in [0.1, 0.15) is 0 Å². The number of fused-ring (bicyclic) bond motifs is 1. The topological polar surface area (TPSA) is 42.1 Å². The summed E-state index contributed by atoms with van der Waals surface area (Å²) < 4.78 is 5.36. The van der Waals surface area contributed by atoms with Gasteiger partial charge in [-0.3, -0.25) is 0 Å². The van der Waals surface area contributed by atoms with Crippen molar-refractivity contribution in [2.75, 3.05) is 6.61 Å². The lowest BCUT2D eigenvalue weighted by atomic mass is 10.0. The van der Waals surface area contributed by atoms with Crippen molar-refractivity contribution in [3.63, 3.8) is 0 Å². The zero-order chi connectivity index (χ0) is 13.1. The van der Waals surface area contributed by atoms with E-state index in [9.17, 15) is 4.79 Å². The smallest absolute Gasteiger partial charge is 0.338 e. The molecule has 0 spiro atoms. The number of aromatic amines is 1. The quantitative estimate of drug-likeness (QED) is 0.851. The average molecular weight is 253 g/mol. The molecule has 1 N–H and O–H groups in total. The molecule has 1 aliphatic rings. The largest absolute Gasteiger partial charge is 0.461 e. The molecule has 1 heterocycles. The minimum atomic E-state index is -0.258. The summed E-state index contributed by atoms with van der Waals surface area (Å²) in [4.78, 5) is 15.1. The summed E-state index contributed by atoms with van der Waals surface area (Å²) in [6, 6.07) is 7.48. The third kappa shape index (κ3) is 2.60. The summed E-state index contributed by atoms with van der Waals surface area (Å²) in [6.07, 6.45) is 11.0. The van der Waals surface area contributed by atoms with Crippen LogP contribution in [0.5, 0.6) is 0 Å². The Morgan fingerprint density at radius 3 is 3.11 bits per heavy atom. The minimum Gasteiger partial charge on any atom is -0.461 e. The van der Waals surface area contributed by atoms with Gasteiger partial charge in [0.05, 0.1) is 12.2 Å². The van der Waals surface area contributed by atoms with E-state index in [2.05, 4.69) is 17.1 Å². The van der Waals surface area contributed by atoms with Gasteiger partial charge in [0.25, 0.3) is 0 Å². The number of H-pyrrole nitrogens is 1. The number of allylic oxidation sites excluding steroid dienone is 3. The fourth-order valence-corrected chi connectivity index (χ4v) is 2.20. The number of nitrogens with one attached hydrogen (secondary N) is 1. The molecule has 0 saturated carbocycles. The molecule has 0 amide bonds. The second-order valence-electron chi connectivity index (χ2n) is 4.69. The van der Waals surface area contributed by atoms with Crippen molar-refractivity contribution in [2.45, 2.75) is 6.42 Å². The summed E-state index contributed by atoms with van der Waals surface area (Å²) in [6.45, 7) is 0.435. The number of carbonyl (C=O) groups excluding carboxylic acids is 1. The van der Waals surface area contributed by atoms with Crippen LogP contribution in [0.25, 0.3) is 10.9 Å². The average Bonchev–Trinajstić information content (AvgIpc) is 2.93. The van der Waals surface area contributed by atoms with Crippen LogP contribution < -0.4 is 0 Å². The molecule has 1 unspecified atom stereocenters. The molecule has 1 aromatic heterocycles. The van der Waals surface area contributed by atoms with E-state index in [0.29, 0.717) is 18.1 Å². The van der Waals surface area contributed by atoms with Gasteiger partial charge >= 0.3 is 5.97 Å². The molecule has 0 radical (unpaired) electrons. The maximum atomic E-state index is 12.0. The first-order chi connectivity index (χ1) is 9.33. The lowest BCUT2D eigenvalue weighted by Gasteiger charge is -2.13. The van der Waals surface area contributed by atoms with Crippen molar-refractivity contribution >= 4 is 16.9 Å². The van der Waals surface area contributed by atoms with E-state index in [4.69, 9.17) is 4.74 Å². The normalized spacial score (nSPS) is 17.8. The molecular formula is C16H15NO2. The first-order valence-electron chi connectivity index (χ1n) is 6.40. The Labute approximate surface area is 111 Å². The fraction of sp³-hybridized carbons (Fsp3) is 0.188. The summed E-state index contributed by atoms with van der Waals surface area (Å²) >= 11 is 0. The summed E-state index contributed by atoms with van der Waals surface area (Å²) in [7, 11) is 0. The molecule has 0 bridgehead atoms. The highest BCUT2D eigenvalue weighted by Crippen LogP contribution is 2.16. The van der Waals surface area contributed by atoms with Gasteiger partial charge in [-0.15, -0.1) is 0 Å². The van der Waals surface area contributed by atoms with Gasteiger partial charge in [0.2, 0.25) is 0 Å². The molecule has 1 atom stereocenters. The molecule has 96 valence electrons. The van der Waals surface area contributed by atoms with Crippen molar-refractivity contribution < 1.29 is 9.53 Å². The molecule has 0 saturated heterocycles. The minimum absolute atomic E-state index is 0.258. The summed E-state index contributed by atoms with van der Waals surface area (Å²) in [5.41, 5.74) is 1.62. The molecule has 1 aromatic carbocycles. The van der Waals surface area contributed by atoms with Gasteiger partial charge in [-0.25, -0.2) is 4.79 Å². The highest BCUT2D eigenvalue weighted by atomic mass is 16.5. The zero-order valence-corrected chi connectivity index (χ0v) is 10.5.